The maximum atomic E-state index is 5.94. The number of fused-ring (bicyclic) bond motifs is 7. The first kappa shape index (κ1) is 22.0. The third kappa shape index (κ3) is 5.94. The van der Waals surface area contributed by atoms with Gasteiger partial charge in [0.1, 0.15) is 31.0 Å². The Morgan fingerprint density at radius 1 is 1.16 bits per heavy atom. The zero-order chi connectivity index (χ0) is 22.2. The van der Waals surface area contributed by atoms with E-state index >= 15 is 0 Å². The fourth-order valence-electron chi connectivity index (χ4n) is 3.36. The highest BCUT2D eigenvalue weighted by Crippen LogP contribution is 2.27. The van der Waals surface area contributed by atoms with Gasteiger partial charge in [-0.25, -0.2) is 9.97 Å². The fourth-order valence-corrected chi connectivity index (χ4v) is 3.36. The molecule has 8 nitrogen and oxygen atoms in total. The minimum Gasteiger partial charge on any atom is -0.491 e. The largest absolute Gasteiger partial charge is 0.491 e. The van der Waals surface area contributed by atoms with Crippen LogP contribution in [0.25, 0.3) is 11.3 Å². The Bertz CT molecular complexity index is 1050. The van der Waals surface area contributed by atoms with Crippen LogP contribution in [0, 0.1) is 0 Å². The highest BCUT2D eigenvalue weighted by Gasteiger charge is 2.11. The van der Waals surface area contributed by atoms with Gasteiger partial charge in [-0.05, 0) is 37.4 Å². The third-order valence-electron chi connectivity index (χ3n) is 4.95. The number of ether oxygens (including phenoxy) is 3. The summed E-state index contributed by atoms with van der Waals surface area (Å²) in [6.45, 7) is 3.46. The molecule has 0 amide bonds. The molecule has 32 heavy (non-hydrogen) atoms. The molecule has 2 aromatic heterocycles. The van der Waals surface area contributed by atoms with Gasteiger partial charge in [-0.3, -0.25) is 4.90 Å². The van der Waals surface area contributed by atoms with Crippen molar-refractivity contribution in [3.63, 3.8) is 0 Å². The van der Waals surface area contributed by atoms with E-state index in [-0.39, 0.29) is 0 Å². The molecular weight excluding hydrogens is 408 g/mol. The highest BCUT2D eigenvalue weighted by atomic mass is 16.5. The maximum absolute atomic E-state index is 5.94. The number of furan rings is 1. The molecule has 0 saturated carbocycles. The van der Waals surface area contributed by atoms with Crippen LogP contribution < -0.4 is 10.1 Å². The Balaban J connectivity index is 1.64. The number of nitrogens with zero attached hydrogens (tertiary/aromatic N) is 3. The van der Waals surface area contributed by atoms with Gasteiger partial charge >= 0.3 is 0 Å². The summed E-state index contributed by atoms with van der Waals surface area (Å²) in [5, 5.41) is 3.31. The molecule has 3 aromatic rings. The molecule has 0 aliphatic carbocycles. The van der Waals surface area contributed by atoms with Gasteiger partial charge in [0, 0.05) is 43.2 Å². The quantitative estimate of drug-likeness (QED) is 0.485. The second-order valence-electron chi connectivity index (χ2n) is 7.54. The van der Waals surface area contributed by atoms with E-state index in [1.807, 2.05) is 30.3 Å². The number of aromatic nitrogens is 2. The topological polar surface area (TPSA) is 81.9 Å². The predicted molar refractivity (Wildman–Crippen MR) is 122 cm³/mol. The molecular formula is C24H28N4O4. The van der Waals surface area contributed by atoms with Crippen molar-refractivity contribution in [2.45, 2.75) is 13.2 Å². The molecule has 0 radical (unpaired) electrons. The van der Waals surface area contributed by atoms with E-state index in [1.165, 1.54) is 0 Å². The monoisotopic (exact) mass is 436 g/mol. The average molecular weight is 437 g/mol. The van der Waals surface area contributed by atoms with Crippen molar-refractivity contribution in [3.05, 3.63) is 66.3 Å². The molecule has 1 aliphatic heterocycles. The van der Waals surface area contributed by atoms with Crippen LogP contribution in [0.15, 0.2) is 59.4 Å². The Morgan fingerprint density at radius 2 is 2.09 bits per heavy atom. The summed E-state index contributed by atoms with van der Waals surface area (Å²) in [5.74, 6) is 2.10. The van der Waals surface area contributed by atoms with Gasteiger partial charge in [-0.1, -0.05) is 12.2 Å². The molecule has 0 spiro atoms. The van der Waals surface area contributed by atoms with Gasteiger partial charge in [0.15, 0.2) is 0 Å². The SMILES string of the molecule is COCCOc1ccc2cc1CN(C)CC=CCOCc1cc(co1)-c1ccnc(n1)N2. The van der Waals surface area contributed by atoms with Crippen LogP contribution >= 0.6 is 0 Å². The number of anilines is 2. The molecule has 4 rings (SSSR count). The zero-order valence-corrected chi connectivity index (χ0v) is 18.4. The second kappa shape index (κ2) is 10.9. The van der Waals surface area contributed by atoms with Gasteiger partial charge in [0.05, 0.1) is 18.9 Å². The standard InChI is InChI=1S/C24H28N4O4/c1-28-9-3-4-10-30-17-21-14-19(16-32-21)22-7-8-25-24(27-22)26-20-5-6-23(18(13-20)15-28)31-12-11-29-2/h3-8,13-14,16H,9-12,15,17H2,1-2H3,(H,25,26,27). The van der Waals surface area contributed by atoms with Crippen LogP contribution in [-0.4, -0.2) is 55.4 Å². The van der Waals surface area contributed by atoms with Gasteiger partial charge in [0.2, 0.25) is 5.95 Å². The summed E-state index contributed by atoms with van der Waals surface area (Å²) in [5.41, 5.74) is 3.62. The second-order valence-corrected chi connectivity index (χ2v) is 7.54. The number of hydrogen-bond acceptors (Lipinski definition) is 8. The minimum absolute atomic E-state index is 0.406. The molecule has 0 saturated heterocycles. The van der Waals surface area contributed by atoms with Crippen LogP contribution in [0.4, 0.5) is 11.6 Å². The Hall–Kier alpha value is -3.20. The van der Waals surface area contributed by atoms with E-state index in [2.05, 4.69) is 39.4 Å². The minimum atomic E-state index is 0.406. The first-order valence-corrected chi connectivity index (χ1v) is 10.5. The Morgan fingerprint density at radius 3 is 3.00 bits per heavy atom. The highest BCUT2D eigenvalue weighted by molar-refractivity contribution is 5.62. The van der Waals surface area contributed by atoms with Crippen molar-refractivity contribution < 1.29 is 18.6 Å². The van der Waals surface area contributed by atoms with Crippen LogP contribution in [0.1, 0.15) is 11.3 Å². The van der Waals surface area contributed by atoms with Crippen molar-refractivity contribution in [1.82, 2.24) is 14.9 Å². The summed E-state index contributed by atoms with van der Waals surface area (Å²) in [4.78, 5) is 11.2. The van der Waals surface area contributed by atoms with Gasteiger partial charge in [-0.2, -0.15) is 0 Å². The zero-order valence-electron chi connectivity index (χ0n) is 18.4. The number of methoxy groups -OCH3 is 1. The van der Waals surface area contributed by atoms with E-state index in [9.17, 15) is 0 Å². The lowest BCUT2D eigenvalue weighted by Gasteiger charge is -2.19. The summed E-state index contributed by atoms with van der Waals surface area (Å²) in [7, 11) is 3.73. The van der Waals surface area contributed by atoms with E-state index in [1.54, 1.807) is 19.6 Å². The first-order chi connectivity index (χ1) is 15.7. The smallest absolute Gasteiger partial charge is 0.227 e. The third-order valence-corrected chi connectivity index (χ3v) is 4.95. The van der Waals surface area contributed by atoms with Crippen molar-refractivity contribution in [2.24, 2.45) is 0 Å². The molecule has 168 valence electrons. The fraction of sp³-hybridized carbons (Fsp3) is 0.333. The summed E-state index contributed by atoms with van der Waals surface area (Å²) >= 11 is 0. The van der Waals surface area contributed by atoms with Crippen LogP contribution in [-0.2, 0) is 22.6 Å². The van der Waals surface area contributed by atoms with Crippen LogP contribution in [0.3, 0.4) is 0 Å². The summed E-state index contributed by atoms with van der Waals surface area (Å²) in [6, 6.07) is 9.80. The molecule has 1 aliphatic rings. The molecule has 0 atom stereocenters. The van der Waals surface area contributed by atoms with Gasteiger partial charge in [0.25, 0.3) is 0 Å². The van der Waals surface area contributed by atoms with Crippen LogP contribution in [0.5, 0.6) is 5.75 Å². The van der Waals surface area contributed by atoms with Crippen LogP contribution in [0.2, 0.25) is 0 Å². The summed E-state index contributed by atoms with van der Waals surface area (Å²) < 4.78 is 22.4. The average Bonchev–Trinajstić information content (AvgIpc) is 3.26. The van der Waals surface area contributed by atoms with E-state index in [0.717, 1.165) is 47.1 Å². The van der Waals surface area contributed by atoms with Crippen molar-refractivity contribution in [3.8, 4) is 17.0 Å². The van der Waals surface area contributed by atoms with E-state index in [4.69, 9.17) is 18.6 Å². The predicted octanol–water partition coefficient (Wildman–Crippen LogP) is 4.02. The van der Waals surface area contributed by atoms with Crippen molar-refractivity contribution in [2.75, 3.05) is 45.8 Å². The lowest BCUT2D eigenvalue weighted by atomic mass is 10.1. The Labute approximate surface area is 187 Å². The number of benzene rings is 1. The molecule has 0 unspecified atom stereocenters. The first-order valence-electron chi connectivity index (χ1n) is 10.5. The number of nitrogens with one attached hydrogen (secondary N) is 1. The molecule has 0 fully saturated rings. The molecule has 6 bridgehead atoms. The molecule has 3 heterocycles. The number of rotatable bonds is 4. The van der Waals surface area contributed by atoms with Gasteiger partial charge in [-0.15, -0.1) is 0 Å². The number of hydrogen-bond donors (Lipinski definition) is 1. The van der Waals surface area contributed by atoms with E-state index < -0.39 is 0 Å². The van der Waals surface area contributed by atoms with E-state index in [0.29, 0.717) is 32.4 Å². The van der Waals surface area contributed by atoms with Gasteiger partial charge < -0.3 is 23.9 Å². The summed E-state index contributed by atoms with van der Waals surface area (Å²) in [6.07, 6.45) is 7.54. The lowest BCUT2D eigenvalue weighted by molar-refractivity contribution is 0.131. The molecule has 1 N–H and O–H groups in total. The molecule has 1 aromatic carbocycles. The van der Waals surface area contributed by atoms with Crippen molar-refractivity contribution in [1.29, 1.82) is 0 Å². The Kier molecular flexibility index (Phi) is 7.50. The normalized spacial score (nSPS) is 14.9. The number of likely N-dealkylation sites (N-methyl/N-ethyl adjacent to an activating group) is 1. The molecule has 8 heteroatoms. The maximum Gasteiger partial charge on any atom is 0.227 e. The lowest BCUT2D eigenvalue weighted by Crippen LogP contribution is -2.19. The van der Waals surface area contributed by atoms with Crippen molar-refractivity contribution >= 4 is 11.6 Å².